The number of aliphatic hydroxyl groups is 1. The van der Waals surface area contributed by atoms with E-state index in [1.54, 1.807) is 0 Å². The van der Waals surface area contributed by atoms with E-state index in [1.807, 2.05) is 0 Å². The molecule has 0 radical (unpaired) electrons. The topological polar surface area (TPSA) is 74.6 Å². The van der Waals surface area contributed by atoms with Gasteiger partial charge in [0.2, 0.25) is 0 Å². The molecule has 0 bridgehead atoms. The first-order chi connectivity index (χ1) is 5.23. The molecule has 0 amide bonds. The Morgan fingerprint density at radius 3 is 2.17 bits per heavy atom. The third-order valence-electron chi connectivity index (χ3n) is 0.873. The van der Waals surface area contributed by atoms with Crippen molar-refractivity contribution in [1.82, 2.24) is 0 Å². The molecular weight excluding hydrogens is 201 g/mol. The van der Waals surface area contributed by atoms with Crippen LogP contribution in [0.5, 0.6) is 0 Å². The van der Waals surface area contributed by atoms with Crippen LogP contribution < -0.4 is 0 Å². The predicted octanol–water partition coefficient (Wildman–Crippen LogP) is 0.313. The van der Waals surface area contributed by atoms with Gasteiger partial charge in [-0.1, -0.05) is 0 Å². The molecule has 0 atom stereocenters. The number of aliphatic hydroxyl groups excluding tert-OH is 1. The lowest BCUT2D eigenvalue weighted by Crippen LogP contribution is -2.29. The predicted molar refractivity (Wildman–Crippen MR) is 32.8 cm³/mol. The Balaban J connectivity index is 5.00. The molecule has 0 rings (SSSR count). The Bertz CT molecular complexity index is 281. The van der Waals surface area contributed by atoms with E-state index in [0.717, 1.165) is 0 Å². The number of rotatable bonds is 3. The summed E-state index contributed by atoms with van der Waals surface area (Å²) >= 11 is 0. The van der Waals surface area contributed by atoms with Gasteiger partial charge in [0, 0.05) is 0 Å². The Morgan fingerprint density at radius 1 is 1.50 bits per heavy atom. The molecule has 0 fully saturated rings. The minimum Gasteiger partial charge on any atom is -0.392 e. The lowest BCUT2D eigenvalue weighted by molar-refractivity contribution is 0.0929. The van der Waals surface area contributed by atoms with Gasteiger partial charge in [-0.3, -0.25) is 4.55 Å². The zero-order valence-corrected chi connectivity index (χ0v) is 6.35. The van der Waals surface area contributed by atoms with Crippen molar-refractivity contribution < 1.29 is 31.2 Å². The number of hydrogen-bond acceptors (Lipinski definition) is 3. The second kappa shape index (κ2) is 3.42. The van der Waals surface area contributed by atoms with Crippen molar-refractivity contribution in [2.24, 2.45) is 0 Å². The molecule has 0 spiro atoms. The van der Waals surface area contributed by atoms with Crippen molar-refractivity contribution in [3.05, 3.63) is 11.9 Å². The van der Waals surface area contributed by atoms with Gasteiger partial charge in [0.15, 0.2) is 5.83 Å². The van der Waals surface area contributed by atoms with Gasteiger partial charge in [-0.05, 0) is 6.08 Å². The summed E-state index contributed by atoms with van der Waals surface area (Å²) < 4.78 is 63.8. The smallest absolute Gasteiger partial charge is 0.392 e. The van der Waals surface area contributed by atoms with Crippen LogP contribution in [-0.4, -0.2) is 29.9 Å². The van der Waals surface area contributed by atoms with E-state index in [9.17, 15) is 21.6 Å². The first-order valence-corrected chi connectivity index (χ1v) is 3.99. The van der Waals surface area contributed by atoms with Gasteiger partial charge in [0.1, 0.15) is 0 Å². The van der Waals surface area contributed by atoms with Crippen LogP contribution in [0, 0.1) is 0 Å². The van der Waals surface area contributed by atoms with Crippen LogP contribution in [0.4, 0.5) is 13.2 Å². The Hall–Kier alpha value is -0.600. The highest BCUT2D eigenvalue weighted by Gasteiger charge is 2.48. The van der Waals surface area contributed by atoms with E-state index in [2.05, 4.69) is 0 Å². The summed E-state index contributed by atoms with van der Waals surface area (Å²) in [6.45, 7) is -1.09. The number of halogens is 3. The Kier molecular flexibility index (Phi) is 3.25. The fourth-order valence-corrected chi connectivity index (χ4v) is 0.652. The molecule has 12 heavy (non-hydrogen) atoms. The van der Waals surface area contributed by atoms with Crippen LogP contribution in [-0.2, 0) is 10.1 Å². The van der Waals surface area contributed by atoms with E-state index in [0.29, 0.717) is 0 Å². The third-order valence-corrected chi connectivity index (χ3v) is 1.72. The molecule has 0 aliphatic rings. The van der Waals surface area contributed by atoms with Crippen molar-refractivity contribution in [3.8, 4) is 0 Å². The first kappa shape index (κ1) is 11.4. The van der Waals surface area contributed by atoms with Crippen molar-refractivity contribution in [2.45, 2.75) is 5.25 Å². The maximum Gasteiger partial charge on any atom is 0.420 e. The molecule has 72 valence electrons. The summed E-state index contributed by atoms with van der Waals surface area (Å²) in [6, 6.07) is 0. The first-order valence-electron chi connectivity index (χ1n) is 2.55. The van der Waals surface area contributed by atoms with Gasteiger partial charge in [0.25, 0.3) is 0 Å². The van der Waals surface area contributed by atoms with Crippen LogP contribution in [0.1, 0.15) is 0 Å². The maximum atomic E-state index is 12.1. The van der Waals surface area contributed by atoms with Crippen LogP contribution in [0.3, 0.4) is 0 Å². The van der Waals surface area contributed by atoms with Crippen LogP contribution >= 0.6 is 0 Å². The summed E-state index contributed by atoms with van der Waals surface area (Å²) in [4.78, 5) is 0. The van der Waals surface area contributed by atoms with Gasteiger partial charge in [0.05, 0.1) is 6.61 Å². The molecule has 2 N–H and O–H groups in total. The van der Waals surface area contributed by atoms with Crippen LogP contribution in [0.15, 0.2) is 11.9 Å². The number of hydrogen-bond donors (Lipinski definition) is 2. The monoisotopic (exact) mass is 206 g/mol. The second-order valence-electron chi connectivity index (χ2n) is 1.73. The van der Waals surface area contributed by atoms with E-state index in [-0.39, 0.29) is 6.08 Å². The maximum absolute atomic E-state index is 12.1. The second-order valence-corrected chi connectivity index (χ2v) is 3.19. The van der Waals surface area contributed by atoms with Crippen molar-refractivity contribution in [3.63, 3.8) is 0 Å². The van der Waals surface area contributed by atoms with Gasteiger partial charge >= 0.3 is 15.4 Å². The SMILES string of the molecule is O=S(=O)(O)C(F)(F)C(F)=CCO. The lowest BCUT2D eigenvalue weighted by Gasteiger charge is -2.09. The molecule has 0 heterocycles. The van der Waals surface area contributed by atoms with Gasteiger partial charge in [-0.25, -0.2) is 4.39 Å². The summed E-state index contributed by atoms with van der Waals surface area (Å²) in [7, 11) is -5.81. The minimum atomic E-state index is -5.81. The van der Waals surface area contributed by atoms with Crippen LogP contribution in [0.2, 0.25) is 0 Å². The molecule has 0 aromatic heterocycles. The Labute approximate surface area is 66.1 Å². The van der Waals surface area contributed by atoms with Crippen molar-refractivity contribution >= 4 is 10.1 Å². The van der Waals surface area contributed by atoms with Crippen molar-refractivity contribution in [2.75, 3.05) is 6.61 Å². The summed E-state index contributed by atoms with van der Waals surface area (Å²) in [5.74, 6) is -2.41. The molecule has 0 saturated carbocycles. The third kappa shape index (κ3) is 2.19. The van der Waals surface area contributed by atoms with E-state index < -0.39 is 27.8 Å². The fraction of sp³-hybridized carbons (Fsp3) is 0.500. The van der Waals surface area contributed by atoms with Gasteiger partial charge < -0.3 is 5.11 Å². The van der Waals surface area contributed by atoms with E-state index in [1.165, 1.54) is 0 Å². The van der Waals surface area contributed by atoms with E-state index >= 15 is 0 Å². The number of alkyl halides is 2. The molecule has 0 saturated heterocycles. The highest BCUT2D eigenvalue weighted by atomic mass is 32.2. The molecule has 0 aromatic rings. The molecule has 4 nitrogen and oxygen atoms in total. The molecule has 0 aromatic carbocycles. The van der Waals surface area contributed by atoms with Crippen LogP contribution in [0.25, 0.3) is 0 Å². The minimum absolute atomic E-state index is 0.0617. The zero-order valence-electron chi connectivity index (χ0n) is 5.54. The van der Waals surface area contributed by atoms with Crippen molar-refractivity contribution in [1.29, 1.82) is 0 Å². The summed E-state index contributed by atoms with van der Waals surface area (Å²) in [5, 5.41) is 2.95. The molecule has 0 aliphatic carbocycles. The standard InChI is InChI=1S/C4H5F3O4S/c5-3(1-2-8)4(6,7)12(9,10)11/h1,8H,2H2,(H,9,10,11). The van der Waals surface area contributed by atoms with Gasteiger partial charge in [-0.2, -0.15) is 17.2 Å². The quantitative estimate of drug-likeness (QED) is 0.652. The summed E-state index contributed by atoms with van der Waals surface area (Å²) in [6.07, 6.45) is -0.0617. The molecule has 0 aliphatic heterocycles. The normalized spacial score (nSPS) is 14.9. The summed E-state index contributed by atoms with van der Waals surface area (Å²) in [5.41, 5.74) is 0. The Morgan fingerprint density at radius 2 is 1.92 bits per heavy atom. The zero-order chi connectivity index (χ0) is 9.99. The highest BCUT2D eigenvalue weighted by molar-refractivity contribution is 7.87. The van der Waals surface area contributed by atoms with Gasteiger partial charge in [-0.15, -0.1) is 0 Å². The molecular formula is C4H5F3O4S. The fourth-order valence-electron chi connectivity index (χ4n) is 0.322. The molecule has 0 unspecified atom stereocenters. The largest absolute Gasteiger partial charge is 0.420 e. The average Bonchev–Trinajstić information content (AvgIpc) is 1.85. The van der Waals surface area contributed by atoms with E-state index in [4.69, 9.17) is 9.66 Å². The lowest BCUT2D eigenvalue weighted by atomic mass is 10.5. The average molecular weight is 206 g/mol. The highest BCUT2D eigenvalue weighted by Crippen LogP contribution is 2.30. The molecule has 8 heteroatoms.